The largest absolute Gasteiger partial charge is 0.369 e. The summed E-state index contributed by atoms with van der Waals surface area (Å²) in [5, 5.41) is 0.669. The van der Waals surface area contributed by atoms with Crippen LogP contribution in [0.3, 0.4) is 0 Å². The van der Waals surface area contributed by atoms with Gasteiger partial charge in [-0.2, -0.15) is 0 Å². The highest BCUT2D eigenvalue weighted by Gasteiger charge is 2.14. The Balaban J connectivity index is 0.00000169. The van der Waals surface area contributed by atoms with Gasteiger partial charge in [-0.15, -0.1) is 12.4 Å². The zero-order valence-electron chi connectivity index (χ0n) is 7.84. The van der Waals surface area contributed by atoms with Crippen LogP contribution >= 0.6 is 24.2 Å². The number of halogens is 1. The second-order valence-corrected chi connectivity index (χ2v) is 3.81. The molecule has 0 radical (unpaired) electrons. The van der Waals surface area contributed by atoms with Gasteiger partial charge in [-0.25, -0.2) is 4.98 Å². The Kier molecular flexibility index (Phi) is 6.32. The maximum absolute atomic E-state index is 10.9. The van der Waals surface area contributed by atoms with Crippen LogP contribution in [0.25, 0.3) is 0 Å². The van der Waals surface area contributed by atoms with Crippen LogP contribution in [0.4, 0.5) is 0 Å². The maximum atomic E-state index is 10.9. The predicted octanol–water partition coefficient (Wildman–Crippen LogP) is 1.86. The van der Waals surface area contributed by atoms with Gasteiger partial charge in [0.1, 0.15) is 0 Å². The summed E-state index contributed by atoms with van der Waals surface area (Å²) in [5.74, 6) is -0.279. The van der Waals surface area contributed by atoms with Gasteiger partial charge in [0.15, 0.2) is 0 Å². The number of hydrogen-bond acceptors (Lipinski definition) is 3. The highest BCUT2D eigenvalue weighted by Crippen LogP contribution is 2.22. The Morgan fingerprint density at radius 1 is 1.64 bits per heavy atom. The number of aromatic nitrogens is 1. The van der Waals surface area contributed by atoms with E-state index < -0.39 is 0 Å². The van der Waals surface area contributed by atoms with Gasteiger partial charge in [0.25, 0.3) is 0 Å². The lowest BCUT2D eigenvalue weighted by Gasteiger charge is -2.08. The number of rotatable bonds is 4. The standard InChI is InChI=1S/C9H12N2OS.ClH/c1-2-7(9(10)12)13-8-5-3-4-6-11-8;/h3-7H,2H2,1H3,(H2,10,12);1H. The molecule has 0 spiro atoms. The Morgan fingerprint density at radius 2 is 2.36 bits per heavy atom. The minimum Gasteiger partial charge on any atom is -0.369 e. The van der Waals surface area contributed by atoms with E-state index in [-0.39, 0.29) is 23.6 Å². The van der Waals surface area contributed by atoms with Crippen LogP contribution in [0.2, 0.25) is 0 Å². The fourth-order valence-electron chi connectivity index (χ4n) is 0.905. The molecule has 0 bridgehead atoms. The summed E-state index contributed by atoms with van der Waals surface area (Å²) in [4.78, 5) is 15.0. The number of amides is 1. The number of carbonyl (C=O) groups is 1. The average molecular weight is 233 g/mol. The third-order valence-electron chi connectivity index (χ3n) is 1.59. The molecular weight excluding hydrogens is 220 g/mol. The van der Waals surface area contributed by atoms with E-state index in [2.05, 4.69) is 4.98 Å². The molecular formula is C9H13ClN2OS. The molecule has 0 aliphatic carbocycles. The molecule has 3 nitrogen and oxygen atoms in total. The fourth-order valence-corrected chi connectivity index (χ4v) is 1.76. The van der Waals surface area contributed by atoms with Crippen molar-refractivity contribution in [3.8, 4) is 0 Å². The van der Waals surface area contributed by atoms with Crippen molar-refractivity contribution >= 4 is 30.1 Å². The monoisotopic (exact) mass is 232 g/mol. The summed E-state index contributed by atoms with van der Waals surface area (Å²) in [7, 11) is 0. The number of nitrogens with zero attached hydrogens (tertiary/aromatic N) is 1. The summed E-state index contributed by atoms with van der Waals surface area (Å²) in [6, 6.07) is 5.61. The van der Waals surface area contributed by atoms with Crippen molar-refractivity contribution in [2.45, 2.75) is 23.6 Å². The Hall–Kier alpha value is -0.740. The summed E-state index contributed by atoms with van der Waals surface area (Å²) in [6.45, 7) is 1.94. The second-order valence-electron chi connectivity index (χ2n) is 2.59. The third kappa shape index (κ3) is 3.98. The lowest BCUT2D eigenvalue weighted by molar-refractivity contribution is -0.117. The van der Waals surface area contributed by atoms with Crippen LogP contribution < -0.4 is 5.73 Å². The molecule has 1 aromatic rings. The molecule has 0 fully saturated rings. The zero-order valence-corrected chi connectivity index (χ0v) is 9.48. The molecule has 1 aromatic heterocycles. The predicted molar refractivity (Wildman–Crippen MR) is 60.6 cm³/mol. The number of primary amides is 1. The first kappa shape index (κ1) is 13.3. The van der Waals surface area contributed by atoms with Gasteiger partial charge in [0.05, 0.1) is 10.3 Å². The van der Waals surface area contributed by atoms with E-state index in [1.54, 1.807) is 6.20 Å². The van der Waals surface area contributed by atoms with Crippen LogP contribution in [0.5, 0.6) is 0 Å². The molecule has 1 unspecified atom stereocenters. The van der Waals surface area contributed by atoms with Crippen LogP contribution in [0.1, 0.15) is 13.3 Å². The molecule has 0 aliphatic rings. The van der Waals surface area contributed by atoms with E-state index in [1.807, 2.05) is 25.1 Å². The van der Waals surface area contributed by atoms with Gasteiger partial charge in [0, 0.05) is 6.20 Å². The minimum atomic E-state index is -0.279. The van der Waals surface area contributed by atoms with Gasteiger partial charge in [0.2, 0.25) is 5.91 Å². The smallest absolute Gasteiger partial charge is 0.230 e. The van der Waals surface area contributed by atoms with E-state index in [1.165, 1.54) is 11.8 Å². The Labute approximate surface area is 93.9 Å². The highest BCUT2D eigenvalue weighted by molar-refractivity contribution is 8.00. The molecule has 78 valence electrons. The van der Waals surface area contributed by atoms with Crippen molar-refractivity contribution in [2.75, 3.05) is 0 Å². The van der Waals surface area contributed by atoms with Gasteiger partial charge in [-0.05, 0) is 18.6 Å². The van der Waals surface area contributed by atoms with Crippen molar-refractivity contribution in [2.24, 2.45) is 5.73 Å². The molecule has 2 N–H and O–H groups in total. The van der Waals surface area contributed by atoms with Gasteiger partial charge >= 0.3 is 0 Å². The Morgan fingerprint density at radius 3 is 2.79 bits per heavy atom. The number of nitrogens with two attached hydrogens (primary N) is 1. The molecule has 5 heteroatoms. The van der Waals surface area contributed by atoms with Crippen LogP contribution in [0, 0.1) is 0 Å². The van der Waals surface area contributed by atoms with Crippen molar-refractivity contribution in [1.29, 1.82) is 0 Å². The second kappa shape index (κ2) is 6.68. The fraction of sp³-hybridized carbons (Fsp3) is 0.333. The summed E-state index contributed by atoms with van der Waals surface area (Å²) in [5.41, 5.74) is 5.21. The molecule has 0 saturated heterocycles. The molecule has 14 heavy (non-hydrogen) atoms. The number of carbonyl (C=O) groups excluding carboxylic acids is 1. The highest BCUT2D eigenvalue weighted by atomic mass is 35.5. The maximum Gasteiger partial charge on any atom is 0.230 e. The Bertz CT molecular complexity index is 281. The van der Waals surface area contributed by atoms with Crippen molar-refractivity contribution < 1.29 is 4.79 Å². The van der Waals surface area contributed by atoms with Crippen LogP contribution in [-0.4, -0.2) is 16.1 Å². The van der Waals surface area contributed by atoms with Crippen LogP contribution in [-0.2, 0) is 4.79 Å². The van der Waals surface area contributed by atoms with E-state index in [4.69, 9.17) is 5.73 Å². The first-order chi connectivity index (χ1) is 6.24. The van der Waals surface area contributed by atoms with Gasteiger partial charge in [-0.3, -0.25) is 4.79 Å². The SMILES string of the molecule is CCC(Sc1ccccn1)C(N)=O.Cl. The number of hydrogen-bond donors (Lipinski definition) is 1. The average Bonchev–Trinajstić information content (AvgIpc) is 2.15. The molecule has 1 rings (SSSR count). The lowest BCUT2D eigenvalue weighted by atomic mass is 10.3. The molecule has 1 amide bonds. The lowest BCUT2D eigenvalue weighted by Crippen LogP contribution is -2.24. The minimum absolute atomic E-state index is 0. The van der Waals surface area contributed by atoms with E-state index in [9.17, 15) is 4.79 Å². The van der Waals surface area contributed by atoms with Gasteiger partial charge < -0.3 is 5.73 Å². The molecule has 1 heterocycles. The summed E-state index contributed by atoms with van der Waals surface area (Å²) >= 11 is 1.41. The summed E-state index contributed by atoms with van der Waals surface area (Å²) in [6.07, 6.45) is 2.44. The number of thioether (sulfide) groups is 1. The topological polar surface area (TPSA) is 56.0 Å². The third-order valence-corrected chi connectivity index (χ3v) is 2.92. The van der Waals surface area contributed by atoms with Crippen molar-refractivity contribution in [1.82, 2.24) is 4.98 Å². The normalized spacial score (nSPS) is 11.5. The quantitative estimate of drug-likeness (QED) is 0.807. The van der Waals surface area contributed by atoms with Crippen LogP contribution in [0.15, 0.2) is 29.4 Å². The number of pyridine rings is 1. The first-order valence-corrected chi connectivity index (χ1v) is 4.99. The molecule has 0 aromatic carbocycles. The van der Waals surface area contributed by atoms with E-state index >= 15 is 0 Å². The van der Waals surface area contributed by atoms with Gasteiger partial charge in [-0.1, -0.05) is 24.8 Å². The van der Waals surface area contributed by atoms with Crippen molar-refractivity contribution in [3.05, 3.63) is 24.4 Å². The molecule has 1 atom stereocenters. The zero-order chi connectivity index (χ0) is 9.68. The van der Waals surface area contributed by atoms with Crippen molar-refractivity contribution in [3.63, 3.8) is 0 Å². The molecule has 0 aliphatic heterocycles. The molecule has 0 saturated carbocycles. The van der Waals surface area contributed by atoms with E-state index in [0.717, 1.165) is 11.4 Å². The van der Waals surface area contributed by atoms with E-state index in [0.29, 0.717) is 0 Å². The summed E-state index contributed by atoms with van der Waals surface area (Å²) < 4.78 is 0. The first-order valence-electron chi connectivity index (χ1n) is 4.11.